The zero-order chi connectivity index (χ0) is 27.8. The van der Waals surface area contributed by atoms with Gasteiger partial charge >= 0.3 is 12.0 Å². The minimum Gasteiger partial charge on any atom is -0.497 e. The number of hydrogen-bond acceptors (Lipinski definition) is 6. The second-order valence-corrected chi connectivity index (χ2v) is 9.67. The van der Waals surface area contributed by atoms with Crippen molar-refractivity contribution in [2.45, 2.75) is 6.54 Å². The molecule has 3 N–H and O–H groups in total. The molecule has 198 valence electrons. The van der Waals surface area contributed by atoms with E-state index in [1.807, 2.05) is 60.7 Å². The van der Waals surface area contributed by atoms with E-state index in [1.165, 1.54) is 4.90 Å². The molecular weight excluding hydrogens is 526 g/mol. The average Bonchev–Trinajstić information content (AvgIpc) is 3.56. The molecule has 2 amide bonds. The van der Waals surface area contributed by atoms with Crippen molar-refractivity contribution in [2.24, 2.45) is 5.73 Å². The Kier molecular flexibility index (Phi) is 6.37. The number of carbonyl (C=O) groups excluding carboxylic acids is 1. The summed E-state index contributed by atoms with van der Waals surface area (Å²) in [5, 5.41) is 11.2. The van der Waals surface area contributed by atoms with E-state index in [9.17, 15) is 14.7 Å². The maximum atomic E-state index is 12.9. The molecule has 0 saturated carbocycles. The van der Waals surface area contributed by atoms with E-state index in [0.29, 0.717) is 45.7 Å². The van der Waals surface area contributed by atoms with Crippen molar-refractivity contribution < 1.29 is 19.4 Å². The topological polar surface area (TPSA) is 124 Å². The minimum absolute atomic E-state index is 0.124. The molecule has 9 nitrogen and oxygen atoms in total. The summed E-state index contributed by atoms with van der Waals surface area (Å²) in [6, 6.07) is 26.8. The van der Waals surface area contributed by atoms with Crippen LogP contribution in [-0.2, 0) is 6.54 Å². The number of aromatic carboxylic acids is 1. The van der Waals surface area contributed by atoms with Crippen LogP contribution in [0.1, 0.15) is 16.1 Å². The fourth-order valence-electron chi connectivity index (χ4n) is 5.01. The van der Waals surface area contributed by atoms with Crippen LogP contribution in [-0.4, -0.2) is 37.5 Å². The number of nitrogens with zero attached hydrogens (tertiary/aromatic N) is 4. The zero-order valence-electron chi connectivity index (χ0n) is 21.3. The van der Waals surface area contributed by atoms with Crippen molar-refractivity contribution in [1.29, 1.82) is 0 Å². The number of amides is 2. The number of rotatable bonds is 7. The van der Waals surface area contributed by atoms with E-state index >= 15 is 0 Å². The van der Waals surface area contributed by atoms with Crippen molar-refractivity contribution >= 4 is 57.0 Å². The summed E-state index contributed by atoms with van der Waals surface area (Å²) >= 11 is 1.13. The van der Waals surface area contributed by atoms with Gasteiger partial charge in [0, 0.05) is 23.0 Å². The molecule has 0 bridgehead atoms. The Hall–Kier alpha value is -5.22. The molecule has 0 atom stereocenters. The molecular formula is C30H23N5O4S. The van der Waals surface area contributed by atoms with Crippen molar-refractivity contribution in [3.63, 3.8) is 0 Å². The second kappa shape index (κ2) is 10.2. The number of para-hydroxylation sites is 1. The Morgan fingerprint density at radius 3 is 2.38 bits per heavy atom. The Labute approximate surface area is 233 Å². The van der Waals surface area contributed by atoms with Gasteiger partial charge in [0.2, 0.25) is 0 Å². The summed E-state index contributed by atoms with van der Waals surface area (Å²) in [6.45, 7) is 0.291. The number of hydrogen-bond donors (Lipinski definition) is 2. The van der Waals surface area contributed by atoms with E-state index in [4.69, 9.17) is 10.5 Å². The average molecular weight is 550 g/mol. The molecule has 0 spiro atoms. The molecule has 2 aromatic heterocycles. The predicted molar refractivity (Wildman–Crippen MR) is 156 cm³/mol. The summed E-state index contributed by atoms with van der Waals surface area (Å²) < 4.78 is 15.7. The predicted octanol–water partition coefficient (Wildman–Crippen LogP) is 6.28. The van der Waals surface area contributed by atoms with Crippen LogP contribution >= 0.6 is 11.7 Å². The molecule has 4 aromatic carbocycles. The van der Waals surface area contributed by atoms with Gasteiger partial charge in [0.25, 0.3) is 0 Å². The number of methoxy groups -OCH3 is 1. The van der Waals surface area contributed by atoms with E-state index in [1.54, 1.807) is 42.0 Å². The molecule has 6 rings (SSSR count). The summed E-state index contributed by atoms with van der Waals surface area (Å²) in [4.78, 5) is 26.9. The molecule has 0 fully saturated rings. The lowest BCUT2D eigenvalue weighted by molar-refractivity contribution is 0.0687. The van der Waals surface area contributed by atoms with Crippen molar-refractivity contribution in [3.05, 3.63) is 102 Å². The third-order valence-electron chi connectivity index (χ3n) is 6.78. The Morgan fingerprint density at radius 2 is 1.68 bits per heavy atom. The van der Waals surface area contributed by atoms with Gasteiger partial charge in [-0.1, -0.05) is 36.4 Å². The van der Waals surface area contributed by atoms with E-state index in [2.05, 4.69) is 8.75 Å². The smallest absolute Gasteiger partial charge is 0.353 e. The van der Waals surface area contributed by atoms with Gasteiger partial charge in [0.05, 0.1) is 30.2 Å². The highest BCUT2D eigenvalue weighted by Crippen LogP contribution is 2.39. The number of benzene rings is 4. The fourth-order valence-corrected chi connectivity index (χ4v) is 5.52. The van der Waals surface area contributed by atoms with Gasteiger partial charge in [-0.25, -0.2) is 9.59 Å². The molecule has 0 aliphatic heterocycles. The SMILES string of the molecule is COc1ccc(-c2c(C(=O)O)n(Cc3ccc4nsnc4c3)c3ccc(N(C(N)=O)c4ccccc4)cc23)cc1. The number of primary amides is 1. The van der Waals surface area contributed by atoms with E-state index < -0.39 is 12.0 Å². The van der Waals surface area contributed by atoms with Gasteiger partial charge in [0.1, 0.15) is 22.5 Å². The molecule has 0 aliphatic carbocycles. The molecule has 40 heavy (non-hydrogen) atoms. The molecule has 0 radical (unpaired) electrons. The summed E-state index contributed by atoms with van der Waals surface area (Å²) in [5.74, 6) is -0.422. The van der Waals surface area contributed by atoms with Crippen molar-refractivity contribution in [3.8, 4) is 16.9 Å². The Morgan fingerprint density at radius 1 is 0.925 bits per heavy atom. The molecule has 2 heterocycles. The lowest BCUT2D eigenvalue weighted by atomic mass is 10.0. The number of ether oxygens (including phenoxy) is 1. The van der Waals surface area contributed by atoms with Crippen LogP contribution in [0.4, 0.5) is 16.2 Å². The van der Waals surface area contributed by atoms with Gasteiger partial charge in [-0.15, -0.1) is 0 Å². The molecule has 0 unspecified atom stereocenters. The highest BCUT2D eigenvalue weighted by molar-refractivity contribution is 7.00. The molecule has 6 aromatic rings. The number of urea groups is 1. The van der Waals surface area contributed by atoms with Crippen LogP contribution in [0.15, 0.2) is 91.0 Å². The number of aromatic nitrogens is 3. The van der Waals surface area contributed by atoms with Crippen LogP contribution in [0.3, 0.4) is 0 Å². The lowest BCUT2D eigenvalue weighted by Crippen LogP contribution is -2.31. The highest BCUT2D eigenvalue weighted by Gasteiger charge is 2.26. The van der Waals surface area contributed by atoms with Gasteiger partial charge in [-0.3, -0.25) is 4.90 Å². The Balaban J connectivity index is 1.60. The third-order valence-corrected chi connectivity index (χ3v) is 7.34. The molecule has 10 heteroatoms. The number of carboxylic acids is 1. The minimum atomic E-state index is -1.07. The van der Waals surface area contributed by atoms with Gasteiger partial charge in [0.15, 0.2) is 0 Å². The first kappa shape index (κ1) is 25.1. The number of carboxylic acid groups (broad SMARTS) is 1. The monoisotopic (exact) mass is 549 g/mol. The normalized spacial score (nSPS) is 11.1. The van der Waals surface area contributed by atoms with Crippen LogP contribution in [0.2, 0.25) is 0 Å². The summed E-state index contributed by atoms with van der Waals surface area (Å²) in [6.07, 6.45) is 0. The standard InChI is InChI=1S/C30H23N5O4S/c1-39-22-11-8-19(9-12-22)27-23-16-21(35(30(31)38)20-5-3-2-4-6-20)10-14-26(23)34(28(27)29(36)37)17-18-7-13-24-25(15-18)33-40-32-24/h2-16H,17H2,1H3,(H2,31,38)(H,36,37). The fraction of sp³-hybridized carbons (Fsp3) is 0.0667. The number of carbonyl (C=O) groups is 2. The number of nitrogens with two attached hydrogens (primary N) is 1. The lowest BCUT2D eigenvalue weighted by Gasteiger charge is -2.21. The summed E-state index contributed by atoms with van der Waals surface area (Å²) in [7, 11) is 1.58. The number of fused-ring (bicyclic) bond motifs is 2. The molecule has 0 aliphatic rings. The van der Waals surface area contributed by atoms with Crippen LogP contribution in [0.25, 0.3) is 33.1 Å². The van der Waals surface area contributed by atoms with Crippen LogP contribution < -0.4 is 15.4 Å². The Bertz CT molecular complexity index is 1880. The maximum absolute atomic E-state index is 12.9. The second-order valence-electron chi connectivity index (χ2n) is 9.14. The first-order chi connectivity index (χ1) is 19.4. The first-order valence-electron chi connectivity index (χ1n) is 12.3. The highest BCUT2D eigenvalue weighted by atomic mass is 32.1. The van der Waals surface area contributed by atoms with Crippen LogP contribution in [0.5, 0.6) is 5.75 Å². The van der Waals surface area contributed by atoms with Crippen LogP contribution in [0, 0.1) is 0 Å². The van der Waals surface area contributed by atoms with E-state index in [-0.39, 0.29) is 5.69 Å². The first-order valence-corrected chi connectivity index (χ1v) is 13.1. The quantitative estimate of drug-likeness (QED) is 0.241. The third kappa shape index (κ3) is 4.40. The van der Waals surface area contributed by atoms with Gasteiger partial charge < -0.3 is 20.1 Å². The largest absolute Gasteiger partial charge is 0.497 e. The molecule has 0 saturated heterocycles. The van der Waals surface area contributed by atoms with Crippen molar-refractivity contribution in [1.82, 2.24) is 13.3 Å². The number of anilines is 2. The van der Waals surface area contributed by atoms with Crippen molar-refractivity contribution in [2.75, 3.05) is 12.0 Å². The maximum Gasteiger partial charge on any atom is 0.353 e. The zero-order valence-corrected chi connectivity index (χ0v) is 22.1. The van der Waals surface area contributed by atoms with Gasteiger partial charge in [-0.05, 0) is 65.7 Å². The van der Waals surface area contributed by atoms with Gasteiger partial charge in [-0.2, -0.15) is 8.75 Å². The van der Waals surface area contributed by atoms with E-state index in [0.717, 1.165) is 28.3 Å². The summed E-state index contributed by atoms with van der Waals surface area (Å²) in [5.41, 5.74) is 11.4.